The fourth-order valence-electron chi connectivity index (χ4n) is 4.81. The lowest BCUT2D eigenvalue weighted by atomic mass is 9.77. The number of rotatable bonds is 6. The van der Waals surface area contributed by atoms with Crippen LogP contribution in [0, 0.1) is 17.2 Å². The van der Waals surface area contributed by atoms with Crippen molar-refractivity contribution in [2.75, 3.05) is 26.2 Å². The summed E-state index contributed by atoms with van der Waals surface area (Å²) in [4.78, 5) is 15.4. The SMILES string of the molecule is CC(C)(C)CCN1CCC(CNC(=O)C2(c3ccc(F)cc3Cl)CCCC2)C(F)C1. The van der Waals surface area contributed by atoms with Gasteiger partial charge in [-0.05, 0) is 61.9 Å². The summed E-state index contributed by atoms with van der Waals surface area (Å²) >= 11 is 6.31. The molecule has 1 amide bonds. The van der Waals surface area contributed by atoms with Crippen LogP contribution in [0.15, 0.2) is 18.2 Å². The molecule has 0 bridgehead atoms. The highest BCUT2D eigenvalue weighted by atomic mass is 35.5. The molecule has 2 unspecified atom stereocenters. The second-order valence-corrected chi connectivity index (χ2v) is 10.7. The van der Waals surface area contributed by atoms with Crippen LogP contribution in [0.5, 0.6) is 0 Å². The smallest absolute Gasteiger partial charge is 0.230 e. The van der Waals surface area contributed by atoms with Crippen molar-refractivity contribution in [3.63, 3.8) is 0 Å². The summed E-state index contributed by atoms with van der Waals surface area (Å²) in [5.41, 5.74) is 0.201. The molecule has 1 N–H and O–H groups in total. The van der Waals surface area contributed by atoms with E-state index in [1.807, 2.05) is 0 Å². The van der Waals surface area contributed by atoms with E-state index in [1.54, 1.807) is 6.07 Å². The molecular formula is C24H35ClF2N2O. The molecule has 30 heavy (non-hydrogen) atoms. The van der Waals surface area contributed by atoms with Gasteiger partial charge in [-0.25, -0.2) is 8.78 Å². The van der Waals surface area contributed by atoms with Gasteiger partial charge in [0.25, 0.3) is 0 Å². The molecule has 0 spiro atoms. The van der Waals surface area contributed by atoms with E-state index in [0.717, 1.165) is 38.8 Å². The van der Waals surface area contributed by atoms with Crippen LogP contribution in [0.25, 0.3) is 0 Å². The van der Waals surface area contributed by atoms with Gasteiger partial charge in [-0.3, -0.25) is 4.79 Å². The van der Waals surface area contributed by atoms with Crippen LogP contribution in [-0.2, 0) is 10.2 Å². The van der Waals surface area contributed by atoms with E-state index >= 15 is 0 Å². The average molecular weight is 441 g/mol. The first-order valence-corrected chi connectivity index (χ1v) is 11.6. The van der Waals surface area contributed by atoms with Gasteiger partial charge in [-0.2, -0.15) is 0 Å². The Hall–Kier alpha value is -1.20. The molecule has 1 aromatic rings. The summed E-state index contributed by atoms with van der Waals surface area (Å²) < 4.78 is 28.3. The summed E-state index contributed by atoms with van der Waals surface area (Å²) in [5, 5.41) is 3.32. The molecule has 0 radical (unpaired) electrons. The lowest BCUT2D eigenvalue weighted by molar-refractivity contribution is -0.127. The molecule has 2 fully saturated rings. The van der Waals surface area contributed by atoms with Gasteiger partial charge in [0.2, 0.25) is 5.91 Å². The van der Waals surface area contributed by atoms with Gasteiger partial charge in [-0.15, -0.1) is 0 Å². The van der Waals surface area contributed by atoms with E-state index < -0.39 is 17.4 Å². The second-order valence-electron chi connectivity index (χ2n) is 10.3. The Morgan fingerprint density at radius 1 is 1.30 bits per heavy atom. The van der Waals surface area contributed by atoms with E-state index in [2.05, 4.69) is 31.0 Å². The molecule has 1 saturated carbocycles. The van der Waals surface area contributed by atoms with Gasteiger partial charge in [0.05, 0.1) is 5.41 Å². The molecule has 1 aliphatic heterocycles. The number of halogens is 3. The standard InChI is InChI=1S/C24H35ClF2N2O/c1-23(2,3)11-13-29-12-8-17(21(27)16-29)15-28-22(30)24(9-4-5-10-24)19-7-6-18(26)14-20(19)25/h6-7,14,17,21H,4-5,8-13,15-16H2,1-3H3,(H,28,30). The molecule has 3 rings (SSSR count). The lowest BCUT2D eigenvalue weighted by Gasteiger charge is -2.37. The molecule has 1 heterocycles. The van der Waals surface area contributed by atoms with Crippen LogP contribution in [0.1, 0.15) is 64.9 Å². The molecule has 1 aromatic carbocycles. The second kappa shape index (κ2) is 9.52. The number of amides is 1. The highest BCUT2D eigenvalue weighted by Gasteiger charge is 2.44. The van der Waals surface area contributed by atoms with Gasteiger partial charge >= 0.3 is 0 Å². The third-order valence-electron chi connectivity index (χ3n) is 6.80. The van der Waals surface area contributed by atoms with E-state index in [-0.39, 0.29) is 17.2 Å². The van der Waals surface area contributed by atoms with E-state index in [1.165, 1.54) is 12.1 Å². The zero-order chi connectivity index (χ0) is 21.9. The average Bonchev–Trinajstić information content (AvgIpc) is 3.15. The summed E-state index contributed by atoms with van der Waals surface area (Å²) in [6.07, 6.45) is 4.09. The molecule has 168 valence electrons. The first-order chi connectivity index (χ1) is 14.1. The van der Waals surface area contributed by atoms with Crippen LogP contribution >= 0.6 is 11.6 Å². The predicted octanol–water partition coefficient (Wildman–Crippen LogP) is 5.50. The van der Waals surface area contributed by atoms with Gasteiger partial charge in [0.15, 0.2) is 0 Å². The highest BCUT2D eigenvalue weighted by Crippen LogP contribution is 2.44. The van der Waals surface area contributed by atoms with Crippen molar-refractivity contribution >= 4 is 17.5 Å². The van der Waals surface area contributed by atoms with Gasteiger partial charge in [-0.1, -0.05) is 51.3 Å². The number of benzene rings is 1. The number of carbonyl (C=O) groups excluding carboxylic acids is 1. The monoisotopic (exact) mass is 440 g/mol. The molecule has 3 nitrogen and oxygen atoms in total. The molecule has 2 aliphatic rings. The van der Waals surface area contributed by atoms with E-state index in [4.69, 9.17) is 11.6 Å². The quantitative estimate of drug-likeness (QED) is 0.633. The van der Waals surface area contributed by atoms with Crippen molar-refractivity contribution in [1.29, 1.82) is 0 Å². The Morgan fingerprint density at radius 2 is 2.00 bits per heavy atom. The molecule has 0 aromatic heterocycles. The third kappa shape index (κ3) is 5.53. The molecule has 2 atom stereocenters. The van der Waals surface area contributed by atoms with Crippen LogP contribution in [0.3, 0.4) is 0 Å². The van der Waals surface area contributed by atoms with Crippen LogP contribution < -0.4 is 5.32 Å². The normalized spacial score (nSPS) is 24.7. The number of alkyl halides is 1. The maximum Gasteiger partial charge on any atom is 0.230 e. The van der Waals surface area contributed by atoms with Crippen molar-refractivity contribution in [1.82, 2.24) is 10.2 Å². The Bertz CT molecular complexity index is 743. The topological polar surface area (TPSA) is 32.3 Å². The number of hydrogen-bond donors (Lipinski definition) is 1. The summed E-state index contributed by atoms with van der Waals surface area (Å²) in [7, 11) is 0. The van der Waals surface area contributed by atoms with Gasteiger partial charge in [0, 0.05) is 24.0 Å². The van der Waals surface area contributed by atoms with Crippen molar-refractivity contribution in [2.24, 2.45) is 11.3 Å². The largest absolute Gasteiger partial charge is 0.355 e. The number of nitrogens with zero attached hydrogens (tertiary/aromatic N) is 1. The molecular weight excluding hydrogens is 406 g/mol. The maximum atomic E-state index is 14.8. The van der Waals surface area contributed by atoms with Gasteiger partial charge < -0.3 is 10.2 Å². The summed E-state index contributed by atoms with van der Waals surface area (Å²) in [6.45, 7) is 9.16. The number of piperidine rings is 1. The first-order valence-electron chi connectivity index (χ1n) is 11.2. The minimum atomic E-state index is -0.937. The lowest BCUT2D eigenvalue weighted by Crippen LogP contribution is -2.49. The van der Waals surface area contributed by atoms with Crippen molar-refractivity contribution in [2.45, 2.75) is 70.9 Å². The third-order valence-corrected chi connectivity index (χ3v) is 7.11. The zero-order valence-electron chi connectivity index (χ0n) is 18.4. The Morgan fingerprint density at radius 3 is 2.60 bits per heavy atom. The fraction of sp³-hybridized carbons (Fsp3) is 0.708. The van der Waals surface area contributed by atoms with Gasteiger partial charge in [0.1, 0.15) is 12.0 Å². The number of hydrogen-bond acceptors (Lipinski definition) is 2. The number of carbonyl (C=O) groups is 1. The van der Waals surface area contributed by atoms with Crippen molar-refractivity contribution in [3.05, 3.63) is 34.6 Å². The zero-order valence-corrected chi connectivity index (χ0v) is 19.2. The molecule has 6 heteroatoms. The Kier molecular flexibility index (Phi) is 7.44. The molecule has 1 saturated heterocycles. The minimum absolute atomic E-state index is 0.101. The minimum Gasteiger partial charge on any atom is -0.355 e. The molecule has 1 aliphatic carbocycles. The number of nitrogens with one attached hydrogen (secondary N) is 1. The Balaban J connectivity index is 1.59. The van der Waals surface area contributed by atoms with Crippen LogP contribution in [-0.4, -0.2) is 43.2 Å². The summed E-state index contributed by atoms with van der Waals surface area (Å²) in [6, 6.07) is 4.27. The van der Waals surface area contributed by atoms with Crippen LogP contribution in [0.2, 0.25) is 5.02 Å². The first kappa shape index (κ1) is 23.5. The Labute approximate surface area is 184 Å². The van der Waals surface area contributed by atoms with Crippen molar-refractivity contribution in [3.8, 4) is 0 Å². The van der Waals surface area contributed by atoms with E-state index in [9.17, 15) is 13.6 Å². The highest BCUT2D eigenvalue weighted by molar-refractivity contribution is 6.31. The van der Waals surface area contributed by atoms with E-state index in [0.29, 0.717) is 36.5 Å². The number of likely N-dealkylation sites (tertiary alicyclic amines) is 1. The van der Waals surface area contributed by atoms with Crippen LogP contribution in [0.4, 0.5) is 8.78 Å². The van der Waals surface area contributed by atoms with Crippen molar-refractivity contribution < 1.29 is 13.6 Å². The summed E-state index contributed by atoms with van der Waals surface area (Å²) in [5.74, 6) is -0.673. The maximum absolute atomic E-state index is 14.8. The predicted molar refractivity (Wildman–Crippen MR) is 118 cm³/mol. The fourth-order valence-corrected chi connectivity index (χ4v) is 5.16.